The summed E-state index contributed by atoms with van der Waals surface area (Å²) in [6.45, 7) is 8.04. The van der Waals surface area contributed by atoms with Crippen molar-refractivity contribution in [1.82, 2.24) is 0 Å². The Kier molecular flexibility index (Phi) is 2.52. The van der Waals surface area contributed by atoms with E-state index in [1.807, 2.05) is 26.0 Å². The number of benzene rings is 2. The van der Waals surface area contributed by atoms with Crippen LogP contribution < -0.4 is 4.74 Å². The fraction of sp³-hybridized carbons (Fsp3) is 0.294. The molecule has 0 spiro atoms. The smallest absolute Gasteiger partial charge is 0.173 e. The van der Waals surface area contributed by atoms with Gasteiger partial charge in [-0.1, -0.05) is 26.0 Å². The topological polar surface area (TPSA) is 49.7 Å². The van der Waals surface area contributed by atoms with E-state index in [4.69, 9.17) is 4.74 Å². The van der Waals surface area contributed by atoms with Gasteiger partial charge in [-0.25, -0.2) is 0 Å². The number of phenolic OH excluding ortho intramolecular Hbond substituents is 2. The lowest BCUT2D eigenvalue weighted by Crippen LogP contribution is -2.24. The second-order valence-electron chi connectivity index (χ2n) is 6.05. The Morgan fingerprint density at radius 1 is 0.800 bits per heavy atom. The maximum Gasteiger partial charge on any atom is 0.173 e. The minimum absolute atomic E-state index is 0.110. The fourth-order valence-electron chi connectivity index (χ4n) is 2.90. The van der Waals surface area contributed by atoms with E-state index in [0.29, 0.717) is 11.5 Å². The van der Waals surface area contributed by atoms with Crippen molar-refractivity contribution in [3.63, 3.8) is 0 Å². The molecule has 0 radical (unpaired) electrons. The summed E-state index contributed by atoms with van der Waals surface area (Å²) >= 11 is 0. The van der Waals surface area contributed by atoms with Crippen LogP contribution in [-0.4, -0.2) is 10.2 Å². The number of aromatic hydroxyl groups is 2. The molecule has 104 valence electrons. The van der Waals surface area contributed by atoms with Crippen LogP contribution in [0.1, 0.15) is 36.1 Å². The molecular formula is C17H18O3. The minimum Gasteiger partial charge on any atom is -0.504 e. The van der Waals surface area contributed by atoms with E-state index < -0.39 is 0 Å². The summed E-state index contributed by atoms with van der Waals surface area (Å²) in [7, 11) is 0. The maximum absolute atomic E-state index is 10.1. The van der Waals surface area contributed by atoms with Crippen LogP contribution in [0.15, 0.2) is 24.3 Å². The zero-order valence-corrected chi connectivity index (χ0v) is 12.1. The van der Waals surface area contributed by atoms with Crippen molar-refractivity contribution in [2.75, 3.05) is 0 Å². The number of hydrogen-bond acceptors (Lipinski definition) is 3. The van der Waals surface area contributed by atoms with E-state index in [1.54, 1.807) is 12.1 Å². The molecule has 0 aromatic heterocycles. The normalized spacial score (nSPS) is 15.2. The number of ether oxygens (including phenoxy) is 1. The summed E-state index contributed by atoms with van der Waals surface area (Å²) in [5.74, 6) is 1.09. The monoisotopic (exact) mass is 270 g/mol. The van der Waals surface area contributed by atoms with Crippen LogP contribution in [-0.2, 0) is 5.41 Å². The van der Waals surface area contributed by atoms with E-state index in [-0.39, 0.29) is 16.9 Å². The fourth-order valence-corrected chi connectivity index (χ4v) is 2.90. The first-order valence-electron chi connectivity index (χ1n) is 6.66. The lowest BCUT2D eigenvalue weighted by Gasteiger charge is -2.35. The molecule has 1 aliphatic heterocycles. The lowest BCUT2D eigenvalue weighted by atomic mass is 9.74. The Morgan fingerprint density at radius 3 is 1.60 bits per heavy atom. The first-order chi connectivity index (χ1) is 9.30. The van der Waals surface area contributed by atoms with Gasteiger partial charge in [-0.2, -0.15) is 0 Å². The van der Waals surface area contributed by atoms with Gasteiger partial charge in [0.05, 0.1) is 0 Å². The summed E-state index contributed by atoms with van der Waals surface area (Å²) in [5.41, 5.74) is 3.51. The summed E-state index contributed by atoms with van der Waals surface area (Å²) < 4.78 is 5.78. The second kappa shape index (κ2) is 3.92. The number of aryl methyl sites for hydroxylation is 2. The molecule has 3 heteroatoms. The van der Waals surface area contributed by atoms with Gasteiger partial charge in [-0.05, 0) is 37.1 Å². The molecule has 0 bridgehead atoms. The van der Waals surface area contributed by atoms with Crippen LogP contribution in [0.3, 0.4) is 0 Å². The van der Waals surface area contributed by atoms with Crippen LogP contribution >= 0.6 is 0 Å². The van der Waals surface area contributed by atoms with Crippen LogP contribution in [0.25, 0.3) is 0 Å². The molecule has 0 unspecified atom stereocenters. The predicted octanol–water partition coefficient (Wildman–Crippen LogP) is 4.15. The predicted molar refractivity (Wildman–Crippen MR) is 77.9 cm³/mol. The van der Waals surface area contributed by atoms with Crippen molar-refractivity contribution in [2.45, 2.75) is 33.1 Å². The summed E-state index contributed by atoms with van der Waals surface area (Å²) in [6, 6.07) is 7.39. The molecule has 0 fully saturated rings. The largest absolute Gasteiger partial charge is 0.504 e. The summed E-state index contributed by atoms with van der Waals surface area (Å²) in [4.78, 5) is 0. The maximum atomic E-state index is 10.1. The van der Waals surface area contributed by atoms with Crippen molar-refractivity contribution in [1.29, 1.82) is 0 Å². The van der Waals surface area contributed by atoms with Crippen LogP contribution in [0.4, 0.5) is 0 Å². The number of rotatable bonds is 0. The lowest BCUT2D eigenvalue weighted by molar-refractivity contribution is 0.352. The van der Waals surface area contributed by atoms with Gasteiger partial charge in [-0.15, -0.1) is 0 Å². The molecule has 3 nitrogen and oxygen atoms in total. The molecular weight excluding hydrogens is 252 g/mol. The van der Waals surface area contributed by atoms with Gasteiger partial charge in [0, 0.05) is 16.5 Å². The van der Waals surface area contributed by atoms with Crippen molar-refractivity contribution in [2.24, 2.45) is 0 Å². The highest BCUT2D eigenvalue weighted by Gasteiger charge is 2.37. The molecule has 2 N–H and O–H groups in total. The summed E-state index contributed by atoms with van der Waals surface area (Å²) in [5, 5.41) is 20.3. The summed E-state index contributed by atoms with van der Waals surface area (Å²) in [6.07, 6.45) is 0. The molecule has 0 aliphatic carbocycles. The molecule has 0 saturated heterocycles. The third-order valence-electron chi connectivity index (χ3n) is 3.98. The van der Waals surface area contributed by atoms with Gasteiger partial charge in [-0.3, -0.25) is 0 Å². The number of fused-ring (bicyclic) bond motifs is 2. The Bertz CT molecular complexity index is 655. The van der Waals surface area contributed by atoms with Crippen molar-refractivity contribution >= 4 is 0 Å². The van der Waals surface area contributed by atoms with Gasteiger partial charge < -0.3 is 14.9 Å². The standard InChI is InChI=1S/C17H18O3/c1-9-5-11-15(13(18)7-9)20-16-12(17(11,3)4)6-10(2)8-14(16)19/h5-8,18-19H,1-4H3. The molecule has 0 saturated carbocycles. The first-order valence-corrected chi connectivity index (χ1v) is 6.66. The van der Waals surface area contributed by atoms with E-state index in [1.165, 1.54) is 0 Å². The van der Waals surface area contributed by atoms with E-state index >= 15 is 0 Å². The average molecular weight is 270 g/mol. The Morgan fingerprint density at radius 2 is 1.20 bits per heavy atom. The van der Waals surface area contributed by atoms with Gasteiger partial charge in [0.25, 0.3) is 0 Å². The van der Waals surface area contributed by atoms with Crippen molar-refractivity contribution < 1.29 is 14.9 Å². The van der Waals surface area contributed by atoms with E-state index in [2.05, 4.69) is 13.8 Å². The quantitative estimate of drug-likeness (QED) is 0.756. The van der Waals surface area contributed by atoms with Crippen molar-refractivity contribution in [3.05, 3.63) is 46.5 Å². The Balaban J connectivity index is 2.34. The Hall–Kier alpha value is -2.16. The van der Waals surface area contributed by atoms with E-state index in [9.17, 15) is 10.2 Å². The third kappa shape index (κ3) is 1.66. The number of phenols is 2. The molecule has 2 aromatic rings. The van der Waals surface area contributed by atoms with Crippen molar-refractivity contribution in [3.8, 4) is 23.0 Å². The molecule has 20 heavy (non-hydrogen) atoms. The molecule has 1 heterocycles. The molecule has 3 rings (SSSR count). The third-order valence-corrected chi connectivity index (χ3v) is 3.98. The van der Waals surface area contributed by atoms with Crippen LogP contribution in [0, 0.1) is 13.8 Å². The first kappa shape index (κ1) is 12.9. The zero-order chi connectivity index (χ0) is 14.7. The average Bonchev–Trinajstić information content (AvgIpc) is 2.32. The number of hydrogen-bond donors (Lipinski definition) is 2. The highest BCUT2D eigenvalue weighted by atomic mass is 16.5. The zero-order valence-electron chi connectivity index (χ0n) is 12.1. The van der Waals surface area contributed by atoms with Gasteiger partial charge in [0.2, 0.25) is 0 Å². The Labute approximate surface area is 118 Å². The molecule has 2 aromatic carbocycles. The SMILES string of the molecule is Cc1cc(O)c2c(c1)C(C)(C)c1cc(C)cc(O)c1O2. The highest BCUT2D eigenvalue weighted by Crippen LogP contribution is 2.54. The van der Waals surface area contributed by atoms with Gasteiger partial charge >= 0.3 is 0 Å². The minimum atomic E-state index is -0.337. The van der Waals surface area contributed by atoms with Gasteiger partial charge in [0.15, 0.2) is 23.0 Å². The molecule has 0 amide bonds. The van der Waals surface area contributed by atoms with Gasteiger partial charge in [0.1, 0.15) is 0 Å². The van der Waals surface area contributed by atoms with Crippen LogP contribution in [0.5, 0.6) is 23.0 Å². The molecule has 0 atom stereocenters. The van der Waals surface area contributed by atoms with E-state index in [0.717, 1.165) is 22.3 Å². The second-order valence-corrected chi connectivity index (χ2v) is 6.05. The highest BCUT2D eigenvalue weighted by molar-refractivity contribution is 5.65. The molecule has 1 aliphatic rings. The van der Waals surface area contributed by atoms with Crippen LogP contribution in [0.2, 0.25) is 0 Å².